The van der Waals surface area contributed by atoms with Crippen LogP contribution in [0.3, 0.4) is 0 Å². The third-order valence-electron chi connectivity index (χ3n) is 2.71. The summed E-state index contributed by atoms with van der Waals surface area (Å²) in [6.07, 6.45) is 0.814. The largest absolute Gasteiger partial charge is 0.494 e. The van der Waals surface area contributed by atoms with E-state index >= 15 is 0 Å². The Bertz CT molecular complexity index is 591. The van der Waals surface area contributed by atoms with E-state index in [9.17, 15) is 4.79 Å². The second-order valence-corrected chi connectivity index (χ2v) is 7.93. The summed E-state index contributed by atoms with van der Waals surface area (Å²) in [6, 6.07) is 3.61. The smallest absolute Gasteiger partial charge is 0.289 e. The number of nitrogens with one attached hydrogen (secondary N) is 1. The van der Waals surface area contributed by atoms with Gasteiger partial charge in [-0.05, 0) is 62.6 Å². The molecular formula is C13H11Br2Cl2NO3. The highest BCUT2D eigenvalue weighted by Gasteiger charge is 2.40. The molecule has 0 aromatic heterocycles. The third kappa shape index (κ3) is 3.86. The van der Waals surface area contributed by atoms with E-state index in [2.05, 4.69) is 37.2 Å². The number of hydrogen-bond acceptors (Lipinski definition) is 3. The summed E-state index contributed by atoms with van der Waals surface area (Å²) >= 11 is 18.7. The van der Waals surface area contributed by atoms with Crippen LogP contribution in [0.5, 0.6) is 5.75 Å². The fourth-order valence-corrected chi connectivity index (χ4v) is 3.48. The third-order valence-corrected chi connectivity index (χ3v) is 4.29. The highest BCUT2D eigenvalue weighted by molar-refractivity contribution is 9.11. The quantitative estimate of drug-likeness (QED) is 0.543. The van der Waals surface area contributed by atoms with Crippen LogP contribution in [0.1, 0.15) is 12.5 Å². The Labute approximate surface area is 149 Å². The van der Waals surface area contributed by atoms with Crippen LogP contribution >= 0.6 is 55.1 Å². The molecule has 1 amide bonds. The molecule has 0 aliphatic carbocycles. The normalized spacial score (nSPS) is 20.4. The minimum atomic E-state index is -1.22. The van der Waals surface area contributed by atoms with E-state index in [1.165, 1.54) is 0 Å². The van der Waals surface area contributed by atoms with Gasteiger partial charge in [0, 0.05) is 0 Å². The first-order valence-corrected chi connectivity index (χ1v) is 8.16. The zero-order valence-electron chi connectivity index (χ0n) is 11.0. The first-order chi connectivity index (χ1) is 9.72. The highest BCUT2D eigenvalue weighted by atomic mass is 79.9. The lowest BCUT2D eigenvalue weighted by molar-refractivity contribution is -0.116. The van der Waals surface area contributed by atoms with Crippen molar-refractivity contribution in [3.8, 4) is 5.75 Å². The fourth-order valence-electron chi connectivity index (χ4n) is 1.74. The number of alkyl halides is 2. The lowest BCUT2D eigenvalue weighted by atomic mass is 10.2. The molecule has 0 spiro atoms. The topological polar surface area (TPSA) is 47.6 Å². The molecular weight excluding hydrogens is 449 g/mol. The number of halogens is 4. The second-order valence-electron chi connectivity index (χ2n) is 4.45. The maximum atomic E-state index is 11.9. The lowest BCUT2D eigenvalue weighted by Crippen LogP contribution is -2.39. The van der Waals surface area contributed by atoms with Gasteiger partial charge in [-0.15, -0.1) is 0 Å². The van der Waals surface area contributed by atoms with Gasteiger partial charge < -0.3 is 14.8 Å². The highest BCUT2D eigenvalue weighted by Crippen LogP contribution is 2.36. The molecule has 1 aromatic rings. The molecule has 0 radical (unpaired) electrons. The van der Waals surface area contributed by atoms with E-state index in [0.717, 1.165) is 14.5 Å². The van der Waals surface area contributed by atoms with E-state index in [4.69, 9.17) is 32.7 Å². The summed E-state index contributed by atoms with van der Waals surface area (Å²) in [7, 11) is 1.57. The van der Waals surface area contributed by atoms with Crippen LogP contribution in [0.15, 0.2) is 26.8 Å². The van der Waals surface area contributed by atoms with Gasteiger partial charge in [-0.2, -0.15) is 0 Å². The van der Waals surface area contributed by atoms with Gasteiger partial charge in [0.1, 0.15) is 5.75 Å². The van der Waals surface area contributed by atoms with Gasteiger partial charge in [-0.25, -0.2) is 0 Å². The van der Waals surface area contributed by atoms with Gasteiger partial charge in [0.15, 0.2) is 10.1 Å². The van der Waals surface area contributed by atoms with E-state index in [0.29, 0.717) is 5.75 Å². The van der Waals surface area contributed by atoms with Crippen LogP contribution in [0, 0.1) is 0 Å². The Morgan fingerprint density at radius 1 is 1.38 bits per heavy atom. The number of carbonyl (C=O) groups excluding carboxylic acids is 1. The Kier molecular flexibility index (Phi) is 5.13. The molecule has 0 bridgehead atoms. The first kappa shape index (κ1) is 16.9. The lowest BCUT2D eigenvalue weighted by Gasteiger charge is -2.20. The van der Waals surface area contributed by atoms with Gasteiger partial charge in [0.05, 0.1) is 16.1 Å². The number of carbonyl (C=O) groups is 1. The van der Waals surface area contributed by atoms with Crippen LogP contribution in [0.25, 0.3) is 6.08 Å². The monoisotopic (exact) mass is 457 g/mol. The van der Waals surface area contributed by atoms with Gasteiger partial charge >= 0.3 is 0 Å². The SMILES string of the molecule is COc1c(Br)cc(/C=C2\OC(C(C)(Cl)Cl)NC2=O)cc1Br. The summed E-state index contributed by atoms with van der Waals surface area (Å²) in [5.41, 5.74) is 0.756. The zero-order valence-corrected chi connectivity index (χ0v) is 15.7. The van der Waals surface area contributed by atoms with Crippen molar-refractivity contribution in [1.29, 1.82) is 0 Å². The molecule has 1 N–H and O–H groups in total. The Balaban J connectivity index is 2.31. The molecule has 1 heterocycles. The summed E-state index contributed by atoms with van der Waals surface area (Å²) in [5, 5.41) is 2.57. The Morgan fingerprint density at radius 3 is 2.38 bits per heavy atom. The summed E-state index contributed by atoms with van der Waals surface area (Å²) < 4.78 is 11.0. The number of amides is 1. The summed E-state index contributed by atoms with van der Waals surface area (Å²) in [4.78, 5) is 11.9. The number of hydrogen-bond donors (Lipinski definition) is 1. The first-order valence-electron chi connectivity index (χ1n) is 5.82. The van der Waals surface area contributed by atoms with Crippen molar-refractivity contribution in [3.05, 3.63) is 32.4 Å². The standard InChI is InChI=1S/C13H11Br2Cl2NO3/c1-13(16,17)12-18-11(19)9(21-12)5-6-3-7(14)10(20-2)8(15)4-6/h3-5,12H,1-2H3,(H,18,19)/b9-5-. The average molecular weight is 460 g/mol. The summed E-state index contributed by atoms with van der Waals surface area (Å²) in [6.45, 7) is 1.55. The fraction of sp³-hybridized carbons (Fsp3) is 0.308. The van der Waals surface area contributed by atoms with Crippen LogP contribution in [-0.2, 0) is 9.53 Å². The molecule has 1 unspecified atom stereocenters. The van der Waals surface area contributed by atoms with Gasteiger partial charge in [0.2, 0.25) is 6.23 Å². The molecule has 114 valence electrons. The average Bonchev–Trinajstić information content (AvgIpc) is 2.70. The van der Waals surface area contributed by atoms with Crippen molar-refractivity contribution >= 4 is 67.0 Å². The minimum absolute atomic E-state index is 0.150. The summed E-state index contributed by atoms with van der Waals surface area (Å²) in [5.74, 6) is 0.452. The predicted molar refractivity (Wildman–Crippen MR) is 89.5 cm³/mol. The minimum Gasteiger partial charge on any atom is -0.494 e. The van der Waals surface area contributed by atoms with Crippen molar-refractivity contribution in [2.45, 2.75) is 17.5 Å². The van der Waals surface area contributed by atoms with Gasteiger partial charge in [0.25, 0.3) is 5.91 Å². The molecule has 1 saturated heterocycles. The van der Waals surface area contributed by atoms with Crippen LogP contribution < -0.4 is 10.1 Å². The number of ether oxygens (including phenoxy) is 2. The van der Waals surface area contributed by atoms with Gasteiger partial charge in [-0.3, -0.25) is 4.79 Å². The predicted octanol–water partition coefficient (Wildman–Crippen LogP) is 4.23. The van der Waals surface area contributed by atoms with E-state index in [-0.39, 0.29) is 11.7 Å². The zero-order chi connectivity index (χ0) is 15.8. The number of rotatable bonds is 3. The molecule has 1 aromatic carbocycles. The van der Waals surface area contributed by atoms with E-state index in [1.54, 1.807) is 32.2 Å². The molecule has 4 nitrogen and oxygen atoms in total. The van der Waals surface area contributed by atoms with Crippen molar-refractivity contribution in [2.75, 3.05) is 7.11 Å². The molecule has 8 heteroatoms. The van der Waals surface area contributed by atoms with Crippen molar-refractivity contribution in [2.24, 2.45) is 0 Å². The van der Waals surface area contributed by atoms with Crippen molar-refractivity contribution < 1.29 is 14.3 Å². The van der Waals surface area contributed by atoms with Crippen LogP contribution in [0.4, 0.5) is 0 Å². The Morgan fingerprint density at radius 2 is 1.95 bits per heavy atom. The van der Waals surface area contributed by atoms with Crippen molar-refractivity contribution in [1.82, 2.24) is 5.32 Å². The maximum Gasteiger partial charge on any atom is 0.289 e. The second kappa shape index (κ2) is 6.36. The number of methoxy groups -OCH3 is 1. The Hall–Kier alpha value is -0.430. The molecule has 1 aliphatic heterocycles. The number of benzene rings is 1. The van der Waals surface area contributed by atoms with E-state index < -0.39 is 10.6 Å². The molecule has 1 fully saturated rings. The maximum absolute atomic E-state index is 11.9. The van der Waals surface area contributed by atoms with Crippen molar-refractivity contribution in [3.63, 3.8) is 0 Å². The van der Waals surface area contributed by atoms with E-state index in [1.807, 2.05) is 0 Å². The molecule has 2 rings (SSSR count). The van der Waals surface area contributed by atoms with Gasteiger partial charge in [-0.1, -0.05) is 23.2 Å². The molecule has 21 heavy (non-hydrogen) atoms. The van der Waals surface area contributed by atoms with Crippen LogP contribution in [0.2, 0.25) is 0 Å². The van der Waals surface area contributed by atoms with Crippen LogP contribution in [-0.4, -0.2) is 23.6 Å². The molecule has 1 aliphatic rings. The molecule has 0 saturated carbocycles. The molecule has 1 atom stereocenters.